The molecule has 1 saturated heterocycles. The predicted molar refractivity (Wildman–Crippen MR) is 70.5 cm³/mol. The second kappa shape index (κ2) is 5.07. The van der Waals surface area contributed by atoms with Gasteiger partial charge < -0.3 is 10.2 Å². The van der Waals surface area contributed by atoms with E-state index in [9.17, 15) is 0 Å². The van der Waals surface area contributed by atoms with Gasteiger partial charge in [0.25, 0.3) is 0 Å². The zero-order valence-electron chi connectivity index (χ0n) is 9.96. The molecule has 0 bridgehead atoms. The Morgan fingerprint density at radius 2 is 2.31 bits per heavy atom. The summed E-state index contributed by atoms with van der Waals surface area (Å²) >= 11 is 6.24. The first-order chi connectivity index (χ1) is 7.70. The first-order valence-corrected chi connectivity index (χ1v) is 6.33. The molecule has 0 radical (unpaired) electrons. The molecule has 1 aromatic rings. The molecule has 2 rings (SSSR count). The molecule has 3 heteroatoms. The summed E-state index contributed by atoms with van der Waals surface area (Å²) in [5.74, 6) is 0. The highest BCUT2D eigenvalue weighted by Gasteiger charge is 2.23. The summed E-state index contributed by atoms with van der Waals surface area (Å²) in [7, 11) is 0. The maximum atomic E-state index is 6.24. The average molecular weight is 239 g/mol. The lowest BCUT2D eigenvalue weighted by Crippen LogP contribution is -2.32. The number of anilines is 1. The molecule has 1 N–H and O–H groups in total. The minimum Gasteiger partial charge on any atom is -0.369 e. The summed E-state index contributed by atoms with van der Waals surface area (Å²) < 4.78 is 0. The number of aryl methyl sites for hydroxylation is 1. The summed E-state index contributed by atoms with van der Waals surface area (Å²) in [6.45, 7) is 7.47. The van der Waals surface area contributed by atoms with Crippen LogP contribution < -0.4 is 10.2 Å². The van der Waals surface area contributed by atoms with E-state index in [0.29, 0.717) is 6.04 Å². The molecule has 1 unspecified atom stereocenters. The zero-order chi connectivity index (χ0) is 11.5. The Morgan fingerprint density at radius 1 is 1.50 bits per heavy atom. The van der Waals surface area contributed by atoms with Crippen molar-refractivity contribution in [2.75, 3.05) is 24.5 Å². The largest absolute Gasteiger partial charge is 0.369 e. The number of likely N-dealkylation sites (N-methyl/N-ethyl adjacent to an activating group) is 1. The number of nitrogens with one attached hydrogen (secondary N) is 1. The van der Waals surface area contributed by atoms with Gasteiger partial charge in [-0.25, -0.2) is 0 Å². The SMILES string of the molecule is CCNC1CCN(c2cc(C)ccc2Cl)C1. The van der Waals surface area contributed by atoms with Crippen LogP contribution in [0.4, 0.5) is 5.69 Å². The highest BCUT2D eigenvalue weighted by atomic mass is 35.5. The van der Waals surface area contributed by atoms with Gasteiger partial charge in [0.2, 0.25) is 0 Å². The molecule has 0 spiro atoms. The van der Waals surface area contributed by atoms with Crippen molar-refractivity contribution in [1.82, 2.24) is 5.32 Å². The number of hydrogen-bond acceptors (Lipinski definition) is 2. The Bertz CT molecular complexity index is 365. The van der Waals surface area contributed by atoms with Gasteiger partial charge in [0, 0.05) is 19.1 Å². The lowest BCUT2D eigenvalue weighted by molar-refractivity contribution is 0.572. The van der Waals surface area contributed by atoms with Crippen LogP contribution in [0.5, 0.6) is 0 Å². The van der Waals surface area contributed by atoms with E-state index >= 15 is 0 Å². The second-order valence-electron chi connectivity index (χ2n) is 4.44. The lowest BCUT2D eigenvalue weighted by Gasteiger charge is -2.20. The smallest absolute Gasteiger partial charge is 0.0639 e. The molecule has 1 atom stereocenters. The van der Waals surface area contributed by atoms with Crippen molar-refractivity contribution in [3.05, 3.63) is 28.8 Å². The van der Waals surface area contributed by atoms with Crippen LogP contribution in [0.3, 0.4) is 0 Å². The Balaban J connectivity index is 2.11. The summed E-state index contributed by atoms with van der Waals surface area (Å²) in [5.41, 5.74) is 2.45. The van der Waals surface area contributed by atoms with Crippen molar-refractivity contribution in [1.29, 1.82) is 0 Å². The van der Waals surface area contributed by atoms with E-state index in [1.165, 1.54) is 17.7 Å². The first kappa shape index (κ1) is 11.7. The van der Waals surface area contributed by atoms with E-state index in [1.54, 1.807) is 0 Å². The molecule has 1 aliphatic heterocycles. The van der Waals surface area contributed by atoms with Crippen LogP contribution in [0.15, 0.2) is 18.2 Å². The highest BCUT2D eigenvalue weighted by molar-refractivity contribution is 6.33. The van der Waals surface area contributed by atoms with Crippen LogP contribution >= 0.6 is 11.6 Å². The molecular weight excluding hydrogens is 220 g/mol. The van der Waals surface area contributed by atoms with Crippen molar-refractivity contribution in [3.8, 4) is 0 Å². The van der Waals surface area contributed by atoms with Crippen molar-refractivity contribution >= 4 is 17.3 Å². The van der Waals surface area contributed by atoms with Gasteiger partial charge >= 0.3 is 0 Å². The van der Waals surface area contributed by atoms with E-state index in [4.69, 9.17) is 11.6 Å². The third kappa shape index (κ3) is 2.50. The van der Waals surface area contributed by atoms with Gasteiger partial charge in [0.05, 0.1) is 10.7 Å². The van der Waals surface area contributed by atoms with E-state index in [2.05, 4.69) is 36.2 Å². The molecular formula is C13H19ClN2. The molecule has 88 valence electrons. The van der Waals surface area contributed by atoms with E-state index in [0.717, 1.165) is 24.7 Å². The van der Waals surface area contributed by atoms with Crippen molar-refractivity contribution in [2.45, 2.75) is 26.3 Å². The topological polar surface area (TPSA) is 15.3 Å². The number of halogens is 1. The van der Waals surface area contributed by atoms with E-state index < -0.39 is 0 Å². The number of rotatable bonds is 3. The fourth-order valence-corrected chi connectivity index (χ4v) is 2.54. The minimum atomic E-state index is 0.613. The monoisotopic (exact) mass is 238 g/mol. The zero-order valence-corrected chi connectivity index (χ0v) is 10.7. The molecule has 0 aromatic heterocycles. The van der Waals surface area contributed by atoms with Crippen molar-refractivity contribution in [3.63, 3.8) is 0 Å². The number of nitrogens with zero attached hydrogens (tertiary/aromatic N) is 1. The van der Waals surface area contributed by atoms with E-state index in [1.807, 2.05) is 6.07 Å². The molecule has 1 aromatic carbocycles. The van der Waals surface area contributed by atoms with Crippen molar-refractivity contribution in [2.24, 2.45) is 0 Å². The van der Waals surface area contributed by atoms with Crippen molar-refractivity contribution < 1.29 is 0 Å². The summed E-state index contributed by atoms with van der Waals surface area (Å²) in [6, 6.07) is 6.84. The molecule has 0 amide bonds. The van der Waals surface area contributed by atoms with Crippen LogP contribution in [0.2, 0.25) is 5.02 Å². The average Bonchev–Trinajstić information content (AvgIpc) is 2.71. The van der Waals surface area contributed by atoms with Gasteiger partial charge in [-0.1, -0.05) is 24.6 Å². The van der Waals surface area contributed by atoms with E-state index in [-0.39, 0.29) is 0 Å². The maximum Gasteiger partial charge on any atom is 0.0639 e. The summed E-state index contributed by atoms with van der Waals surface area (Å²) in [4.78, 5) is 2.38. The minimum absolute atomic E-state index is 0.613. The molecule has 2 nitrogen and oxygen atoms in total. The van der Waals surface area contributed by atoms with Crippen LogP contribution in [-0.2, 0) is 0 Å². The standard InChI is InChI=1S/C13H19ClN2/c1-3-15-11-6-7-16(9-11)13-8-10(2)4-5-12(13)14/h4-5,8,11,15H,3,6-7,9H2,1-2H3. The van der Waals surface area contributed by atoms with Crippen LogP contribution in [0.25, 0.3) is 0 Å². The Hall–Kier alpha value is -0.730. The number of hydrogen-bond donors (Lipinski definition) is 1. The highest BCUT2D eigenvalue weighted by Crippen LogP contribution is 2.29. The molecule has 0 aliphatic carbocycles. The quantitative estimate of drug-likeness (QED) is 0.871. The number of benzene rings is 1. The Labute approximate surface area is 103 Å². The van der Waals surface area contributed by atoms with Gasteiger partial charge in [-0.05, 0) is 37.6 Å². The third-order valence-electron chi connectivity index (χ3n) is 3.12. The fourth-order valence-electron chi connectivity index (χ4n) is 2.30. The van der Waals surface area contributed by atoms with Gasteiger partial charge in [-0.2, -0.15) is 0 Å². The lowest BCUT2D eigenvalue weighted by atomic mass is 10.2. The normalized spacial score (nSPS) is 20.4. The first-order valence-electron chi connectivity index (χ1n) is 5.95. The van der Waals surface area contributed by atoms with Gasteiger partial charge in [0.1, 0.15) is 0 Å². The molecule has 1 aliphatic rings. The Morgan fingerprint density at radius 3 is 3.06 bits per heavy atom. The van der Waals surface area contributed by atoms with Gasteiger partial charge in [0.15, 0.2) is 0 Å². The maximum absolute atomic E-state index is 6.24. The van der Waals surface area contributed by atoms with Crippen LogP contribution in [0, 0.1) is 6.92 Å². The predicted octanol–water partition coefficient (Wildman–Crippen LogP) is 2.84. The second-order valence-corrected chi connectivity index (χ2v) is 4.85. The molecule has 0 saturated carbocycles. The van der Waals surface area contributed by atoms with Crippen LogP contribution in [-0.4, -0.2) is 25.7 Å². The fraction of sp³-hybridized carbons (Fsp3) is 0.538. The van der Waals surface area contributed by atoms with Gasteiger partial charge in [-0.15, -0.1) is 0 Å². The van der Waals surface area contributed by atoms with Gasteiger partial charge in [-0.3, -0.25) is 0 Å². The third-order valence-corrected chi connectivity index (χ3v) is 3.44. The molecule has 1 fully saturated rings. The Kier molecular flexibility index (Phi) is 3.72. The molecule has 16 heavy (non-hydrogen) atoms. The summed E-state index contributed by atoms with van der Waals surface area (Å²) in [6.07, 6.45) is 1.21. The molecule has 1 heterocycles. The van der Waals surface area contributed by atoms with Crippen LogP contribution in [0.1, 0.15) is 18.9 Å². The summed E-state index contributed by atoms with van der Waals surface area (Å²) in [5, 5.41) is 4.36.